The summed E-state index contributed by atoms with van der Waals surface area (Å²) in [6.07, 6.45) is 2.66. The van der Waals surface area contributed by atoms with E-state index in [-0.39, 0.29) is 0 Å². The van der Waals surface area contributed by atoms with Gasteiger partial charge in [0.25, 0.3) is 5.91 Å². The summed E-state index contributed by atoms with van der Waals surface area (Å²) >= 11 is 0. The minimum atomic E-state index is -0.741. The minimum absolute atomic E-state index is 0.663. The van der Waals surface area contributed by atoms with Gasteiger partial charge in [-0.25, -0.2) is 0 Å². The third kappa shape index (κ3) is 1.40. The Morgan fingerprint density at radius 2 is 2.15 bits per heavy atom. The quantitative estimate of drug-likeness (QED) is 0.643. The van der Waals surface area contributed by atoms with Gasteiger partial charge < -0.3 is 4.74 Å². The zero-order valence-corrected chi connectivity index (χ0v) is 6.86. The number of para-hydroxylation sites is 1. The van der Waals surface area contributed by atoms with Gasteiger partial charge in [-0.15, -0.1) is 0 Å². The monoisotopic (exact) mass is 174 g/mol. The lowest BCUT2D eigenvalue weighted by atomic mass is 10.1. The van der Waals surface area contributed by atoms with Crippen molar-refractivity contribution < 1.29 is 9.53 Å². The largest absolute Gasteiger partial charge is 0.476 e. The van der Waals surface area contributed by atoms with Crippen molar-refractivity contribution in [3.8, 4) is 5.75 Å². The van der Waals surface area contributed by atoms with Crippen molar-refractivity contribution in [3.63, 3.8) is 0 Å². The van der Waals surface area contributed by atoms with Crippen LogP contribution in [-0.4, -0.2) is 12.0 Å². The van der Waals surface area contributed by atoms with E-state index in [0.717, 1.165) is 5.56 Å². The van der Waals surface area contributed by atoms with Crippen LogP contribution in [0.15, 0.2) is 30.3 Å². The number of hydrogen-bond acceptors (Lipinski definition) is 2. The summed E-state index contributed by atoms with van der Waals surface area (Å²) in [6, 6.07) is 7.42. The highest BCUT2D eigenvalue weighted by Gasteiger charge is 2.18. The summed E-state index contributed by atoms with van der Waals surface area (Å²) < 4.78 is 5.27. The topological polar surface area (TPSA) is 50.1 Å². The molecular formula is C10H8NO2. The normalized spacial score (nSPS) is 18.9. The van der Waals surface area contributed by atoms with Crippen LogP contribution >= 0.6 is 0 Å². The summed E-state index contributed by atoms with van der Waals surface area (Å²) in [5.74, 6) is -0.0543. The zero-order valence-electron chi connectivity index (χ0n) is 6.86. The van der Waals surface area contributed by atoms with Crippen LogP contribution in [-0.2, 0) is 4.79 Å². The van der Waals surface area contributed by atoms with Crippen LogP contribution in [0.5, 0.6) is 5.75 Å². The number of ether oxygens (including phenoxy) is 1. The summed E-state index contributed by atoms with van der Waals surface area (Å²) in [5.41, 5.74) is 7.84. The molecule has 0 saturated carbocycles. The molecule has 3 heteroatoms. The first-order valence-corrected chi connectivity index (χ1v) is 3.97. The van der Waals surface area contributed by atoms with E-state index in [2.05, 4.69) is 0 Å². The van der Waals surface area contributed by atoms with E-state index in [0.29, 0.717) is 5.75 Å². The second kappa shape index (κ2) is 2.94. The van der Waals surface area contributed by atoms with Gasteiger partial charge in [-0.05, 0) is 12.1 Å². The Kier molecular flexibility index (Phi) is 1.77. The van der Waals surface area contributed by atoms with Crippen LogP contribution in [0.1, 0.15) is 5.56 Å². The first-order chi connectivity index (χ1) is 6.27. The minimum Gasteiger partial charge on any atom is -0.476 e. The first-order valence-electron chi connectivity index (χ1n) is 3.97. The van der Waals surface area contributed by atoms with Gasteiger partial charge in [0.2, 0.25) is 0 Å². The Hall–Kier alpha value is -1.77. The molecule has 1 N–H and O–H groups in total. The molecule has 1 radical (unpaired) electrons. The Morgan fingerprint density at radius 3 is 2.92 bits per heavy atom. The number of nitrogens with one attached hydrogen (secondary N) is 1. The van der Waals surface area contributed by atoms with E-state index in [4.69, 9.17) is 10.5 Å². The average molecular weight is 174 g/mol. The Morgan fingerprint density at radius 1 is 1.38 bits per heavy atom. The van der Waals surface area contributed by atoms with E-state index >= 15 is 0 Å². The number of benzene rings is 1. The maximum Gasteiger partial charge on any atom is 0.283 e. The van der Waals surface area contributed by atoms with Gasteiger partial charge in [-0.2, -0.15) is 0 Å². The average Bonchev–Trinajstić information content (AvgIpc) is 2.17. The van der Waals surface area contributed by atoms with Crippen molar-refractivity contribution in [2.45, 2.75) is 6.10 Å². The molecule has 1 atom stereocenters. The highest BCUT2D eigenvalue weighted by atomic mass is 16.5. The van der Waals surface area contributed by atoms with Crippen LogP contribution in [0.4, 0.5) is 0 Å². The van der Waals surface area contributed by atoms with Gasteiger partial charge in [-0.3, -0.25) is 10.5 Å². The van der Waals surface area contributed by atoms with Gasteiger partial charge in [0.05, 0.1) is 0 Å². The predicted molar refractivity (Wildman–Crippen MR) is 48.0 cm³/mol. The molecule has 13 heavy (non-hydrogen) atoms. The van der Waals surface area contributed by atoms with Gasteiger partial charge in [-0.1, -0.05) is 24.3 Å². The van der Waals surface area contributed by atoms with Crippen molar-refractivity contribution >= 4 is 12.0 Å². The lowest BCUT2D eigenvalue weighted by Crippen LogP contribution is -2.27. The van der Waals surface area contributed by atoms with Crippen LogP contribution in [0, 0.1) is 0 Å². The molecule has 3 nitrogen and oxygen atoms in total. The van der Waals surface area contributed by atoms with Crippen LogP contribution in [0.3, 0.4) is 0 Å². The molecule has 1 amide bonds. The summed E-state index contributed by atoms with van der Waals surface area (Å²) in [7, 11) is 0. The summed E-state index contributed by atoms with van der Waals surface area (Å²) in [5, 5.41) is 0. The second-order valence-electron chi connectivity index (χ2n) is 2.80. The maximum absolute atomic E-state index is 10.7. The molecule has 1 heterocycles. The highest BCUT2D eigenvalue weighted by molar-refractivity contribution is 5.83. The summed E-state index contributed by atoms with van der Waals surface area (Å²) in [6.45, 7) is 0. The van der Waals surface area contributed by atoms with Crippen LogP contribution in [0.25, 0.3) is 6.08 Å². The lowest BCUT2D eigenvalue weighted by molar-refractivity contribution is -0.123. The van der Waals surface area contributed by atoms with Crippen molar-refractivity contribution in [2.75, 3.05) is 0 Å². The molecule has 2 rings (SSSR count). The molecule has 0 saturated heterocycles. The van der Waals surface area contributed by atoms with Crippen molar-refractivity contribution in [1.82, 2.24) is 5.73 Å². The molecule has 1 unspecified atom stereocenters. The van der Waals surface area contributed by atoms with Gasteiger partial charge >= 0.3 is 0 Å². The molecule has 1 aromatic rings. The van der Waals surface area contributed by atoms with E-state index in [9.17, 15) is 4.79 Å². The van der Waals surface area contributed by atoms with Gasteiger partial charge in [0, 0.05) is 5.56 Å². The Labute approximate surface area is 75.8 Å². The molecule has 0 aliphatic carbocycles. The third-order valence-corrected chi connectivity index (χ3v) is 1.88. The standard InChI is InChI=1S/C10H8NO2/c11-10(12)9-6-5-7-3-1-2-4-8(7)13-9/h1-6,9,11H. The van der Waals surface area contributed by atoms with Gasteiger partial charge in [0.15, 0.2) is 6.10 Å². The number of fused-ring (bicyclic) bond motifs is 1. The van der Waals surface area contributed by atoms with Crippen molar-refractivity contribution in [3.05, 3.63) is 35.9 Å². The fraction of sp³-hybridized carbons (Fsp3) is 0.100. The van der Waals surface area contributed by atoms with Gasteiger partial charge in [0.1, 0.15) is 5.75 Å². The summed E-state index contributed by atoms with van der Waals surface area (Å²) in [4.78, 5) is 10.7. The molecule has 0 bridgehead atoms. The Balaban J connectivity index is 2.34. The zero-order chi connectivity index (χ0) is 9.26. The molecule has 1 aromatic carbocycles. The SMILES string of the molecule is [NH]C(=O)C1C=Cc2ccccc2O1. The number of hydrogen-bond donors (Lipinski definition) is 0. The number of carbonyl (C=O) groups is 1. The third-order valence-electron chi connectivity index (χ3n) is 1.88. The van der Waals surface area contributed by atoms with Crippen molar-refractivity contribution in [1.29, 1.82) is 0 Å². The number of carbonyl (C=O) groups excluding carboxylic acids is 1. The smallest absolute Gasteiger partial charge is 0.283 e. The molecule has 0 spiro atoms. The van der Waals surface area contributed by atoms with Crippen molar-refractivity contribution in [2.24, 2.45) is 0 Å². The molecule has 1 aliphatic rings. The maximum atomic E-state index is 10.7. The highest BCUT2D eigenvalue weighted by Crippen LogP contribution is 2.24. The van der Waals surface area contributed by atoms with E-state index < -0.39 is 12.0 Å². The molecular weight excluding hydrogens is 166 g/mol. The van der Waals surface area contributed by atoms with Crippen LogP contribution in [0.2, 0.25) is 0 Å². The molecule has 0 aromatic heterocycles. The second-order valence-corrected chi connectivity index (χ2v) is 2.80. The number of rotatable bonds is 1. The fourth-order valence-electron chi connectivity index (χ4n) is 1.23. The molecule has 1 aliphatic heterocycles. The molecule has 0 fully saturated rings. The molecule has 65 valence electrons. The van der Waals surface area contributed by atoms with E-state index in [1.807, 2.05) is 18.2 Å². The van der Waals surface area contributed by atoms with E-state index in [1.165, 1.54) is 0 Å². The lowest BCUT2D eigenvalue weighted by Gasteiger charge is -2.17. The fourth-order valence-corrected chi connectivity index (χ4v) is 1.23. The Bertz CT molecular complexity index is 371. The predicted octanol–water partition coefficient (Wildman–Crippen LogP) is 1.27. The van der Waals surface area contributed by atoms with Crippen LogP contribution < -0.4 is 10.5 Å². The van der Waals surface area contributed by atoms with E-state index in [1.54, 1.807) is 18.2 Å². The first kappa shape index (κ1) is 7.86. The number of amides is 1.